The number of nitrogens with one attached hydrogen (secondary N) is 2. The summed E-state index contributed by atoms with van der Waals surface area (Å²) in [5.41, 5.74) is 0. The minimum absolute atomic E-state index is 0.0198. The number of likely N-dealkylation sites (tertiary alicyclic amines) is 1. The van der Waals surface area contributed by atoms with Crippen LogP contribution >= 0.6 is 0 Å². The molecular formula is C18H28N4O2. The highest BCUT2D eigenvalue weighted by molar-refractivity contribution is 6.06. The average Bonchev–Trinajstić information content (AvgIpc) is 3.22. The zero-order valence-electron chi connectivity index (χ0n) is 14.8. The predicted molar refractivity (Wildman–Crippen MR) is 93.3 cm³/mol. The van der Waals surface area contributed by atoms with Crippen molar-refractivity contribution >= 4 is 17.8 Å². The minimum Gasteiger partial charge on any atom is -0.356 e. The Morgan fingerprint density at radius 1 is 1.17 bits per heavy atom. The van der Waals surface area contributed by atoms with E-state index in [-0.39, 0.29) is 35.5 Å². The number of nitrogens with zero attached hydrogens (tertiary/aromatic N) is 2. The summed E-state index contributed by atoms with van der Waals surface area (Å²) in [4.78, 5) is 30.8. The lowest BCUT2D eigenvalue weighted by Crippen LogP contribution is -2.44. The van der Waals surface area contributed by atoms with Crippen LogP contribution in [0, 0.1) is 29.6 Å². The Bertz CT molecular complexity index is 539. The number of aliphatic imine (C=N–C) groups is 1. The fourth-order valence-corrected chi connectivity index (χ4v) is 4.17. The molecule has 3 rings (SSSR count). The summed E-state index contributed by atoms with van der Waals surface area (Å²) in [6.45, 7) is 6.16. The number of hydrogen-bond donors (Lipinski definition) is 2. The van der Waals surface area contributed by atoms with Gasteiger partial charge >= 0.3 is 0 Å². The highest BCUT2D eigenvalue weighted by Gasteiger charge is 2.58. The SMILES string of the molecule is CN=C(NCCC(C)C)NCCN1C(=O)C2C3C=CC(C3)C2C1=O. The van der Waals surface area contributed by atoms with Crippen LogP contribution < -0.4 is 10.6 Å². The van der Waals surface area contributed by atoms with Crippen molar-refractivity contribution in [2.45, 2.75) is 26.7 Å². The third-order valence-electron chi connectivity index (χ3n) is 5.43. The van der Waals surface area contributed by atoms with E-state index in [0.29, 0.717) is 19.0 Å². The number of rotatable bonds is 6. The quantitative estimate of drug-likeness (QED) is 0.329. The number of hydrogen-bond acceptors (Lipinski definition) is 3. The van der Waals surface area contributed by atoms with Gasteiger partial charge in [-0.1, -0.05) is 26.0 Å². The Balaban J connectivity index is 1.47. The first kappa shape index (κ1) is 17.0. The molecule has 2 aliphatic carbocycles. The van der Waals surface area contributed by atoms with Crippen molar-refractivity contribution in [1.82, 2.24) is 15.5 Å². The van der Waals surface area contributed by atoms with Gasteiger partial charge in [0.25, 0.3) is 0 Å². The Kier molecular flexibility index (Phi) is 4.92. The van der Waals surface area contributed by atoms with Gasteiger partial charge < -0.3 is 10.6 Å². The van der Waals surface area contributed by atoms with E-state index in [9.17, 15) is 9.59 Å². The van der Waals surface area contributed by atoms with E-state index in [1.165, 1.54) is 4.90 Å². The molecule has 0 radical (unpaired) electrons. The summed E-state index contributed by atoms with van der Waals surface area (Å²) in [5.74, 6) is 1.75. The molecule has 2 N–H and O–H groups in total. The fourth-order valence-electron chi connectivity index (χ4n) is 4.17. The van der Waals surface area contributed by atoms with Crippen molar-refractivity contribution in [1.29, 1.82) is 0 Å². The molecule has 1 heterocycles. The molecule has 0 aromatic carbocycles. The molecule has 4 atom stereocenters. The Morgan fingerprint density at radius 3 is 2.29 bits per heavy atom. The van der Waals surface area contributed by atoms with Crippen molar-refractivity contribution < 1.29 is 9.59 Å². The number of amides is 2. The highest BCUT2D eigenvalue weighted by Crippen LogP contribution is 2.52. The van der Waals surface area contributed by atoms with Crippen molar-refractivity contribution in [2.75, 3.05) is 26.7 Å². The molecule has 132 valence electrons. The van der Waals surface area contributed by atoms with Crippen LogP contribution in [0.15, 0.2) is 17.1 Å². The zero-order chi connectivity index (χ0) is 17.3. The molecule has 6 heteroatoms. The van der Waals surface area contributed by atoms with Gasteiger partial charge in [-0.25, -0.2) is 0 Å². The maximum atomic E-state index is 12.6. The van der Waals surface area contributed by atoms with E-state index in [1.807, 2.05) is 0 Å². The summed E-state index contributed by atoms with van der Waals surface area (Å²) < 4.78 is 0. The second-order valence-electron chi connectivity index (χ2n) is 7.44. The number of fused-ring (bicyclic) bond motifs is 5. The molecule has 1 saturated carbocycles. The first-order valence-electron chi connectivity index (χ1n) is 9.01. The molecule has 1 saturated heterocycles. The van der Waals surface area contributed by atoms with Crippen LogP contribution in [-0.2, 0) is 9.59 Å². The smallest absolute Gasteiger partial charge is 0.233 e. The van der Waals surface area contributed by atoms with Crippen molar-refractivity contribution in [2.24, 2.45) is 34.6 Å². The average molecular weight is 332 g/mol. The van der Waals surface area contributed by atoms with Gasteiger partial charge in [-0.05, 0) is 30.6 Å². The molecule has 4 unspecified atom stereocenters. The minimum atomic E-state index is -0.101. The molecule has 2 fully saturated rings. The third-order valence-corrected chi connectivity index (χ3v) is 5.43. The third kappa shape index (κ3) is 3.06. The van der Waals surface area contributed by atoms with E-state index in [2.05, 4.69) is 41.6 Å². The standard InChI is InChI=1S/C18H28N4O2/c1-11(2)6-7-20-18(19-3)21-8-9-22-16(23)14-12-4-5-13(10-12)15(14)17(22)24/h4-5,11-15H,6-10H2,1-3H3,(H2,19,20,21). The van der Waals surface area contributed by atoms with E-state index < -0.39 is 0 Å². The number of imide groups is 1. The largest absolute Gasteiger partial charge is 0.356 e. The first-order chi connectivity index (χ1) is 11.5. The molecule has 2 bridgehead atoms. The molecule has 24 heavy (non-hydrogen) atoms. The van der Waals surface area contributed by atoms with E-state index in [1.54, 1.807) is 7.05 Å². The summed E-state index contributed by atoms with van der Waals surface area (Å²) in [7, 11) is 1.73. The maximum absolute atomic E-state index is 12.6. The first-order valence-corrected chi connectivity index (χ1v) is 9.01. The van der Waals surface area contributed by atoms with Gasteiger partial charge in [0.05, 0.1) is 11.8 Å². The highest BCUT2D eigenvalue weighted by atomic mass is 16.2. The lowest BCUT2D eigenvalue weighted by atomic mass is 9.85. The number of carbonyl (C=O) groups excluding carboxylic acids is 2. The van der Waals surface area contributed by atoms with Gasteiger partial charge in [0, 0.05) is 26.7 Å². The van der Waals surface area contributed by atoms with Crippen LogP contribution in [0.2, 0.25) is 0 Å². The normalized spacial score (nSPS) is 31.3. The van der Waals surface area contributed by atoms with E-state index >= 15 is 0 Å². The summed E-state index contributed by atoms with van der Waals surface area (Å²) in [6.07, 6.45) is 6.30. The molecule has 0 aromatic rings. The summed E-state index contributed by atoms with van der Waals surface area (Å²) >= 11 is 0. The molecule has 0 spiro atoms. The van der Waals surface area contributed by atoms with Gasteiger partial charge in [0.1, 0.15) is 0 Å². The predicted octanol–water partition coefficient (Wildman–Crippen LogP) is 1.00. The van der Waals surface area contributed by atoms with Crippen LogP contribution in [0.25, 0.3) is 0 Å². The second-order valence-corrected chi connectivity index (χ2v) is 7.44. The van der Waals surface area contributed by atoms with Crippen molar-refractivity contribution in [3.8, 4) is 0 Å². The van der Waals surface area contributed by atoms with Gasteiger partial charge in [-0.15, -0.1) is 0 Å². The lowest BCUT2D eigenvalue weighted by molar-refractivity contribution is -0.140. The topological polar surface area (TPSA) is 73.8 Å². The monoisotopic (exact) mass is 332 g/mol. The molecule has 1 aliphatic heterocycles. The van der Waals surface area contributed by atoms with Crippen LogP contribution in [-0.4, -0.2) is 49.4 Å². The Morgan fingerprint density at radius 2 is 1.75 bits per heavy atom. The van der Waals surface area contributed by atoms with Gasteiger partial charge in [-0.3, -0.25) is 19.5 Å². The Labute approximate surface area is 143 Å². The number of carbonyl (C=O) groups is 2. The Hall–Kier alpha value is -1.85. The van der Waals surface area contributed by atoms with Crippen molar-refractivity contribution in [3.63, 3.8) is 0 Å². The van der Waals surface area contributed by atoms with Crippen LogP contribution in [0.3, 0.4) is 0 Å². The summed E-state index contributed by atoms with van der Waals surface area (Å²) in [6, 6.07) is 0. The van der Waals surface area contributed by atoms with Gasteiger partial charge in [-0.2, -0.15) is 0 Å². The molecule has 2 amide bonds. The van der Waals surface area contributed by atoms with Gasteiger partial charge in [0.2, 0.25) is 11.8 Å². The fraction of sp³-hybridized carbons (Fsp3) is 0.722. The number of allylic oxidation sites excluding steroid dienone is 2. The van der Waals surface area contributed by atoms with Crippen LogP contribution in [0.1, 0.15) is 26.7 Å². The van der Waals surface area contributed by atoms with E-state index in [4.69, 9.17) is 0 Å². The molecular weight excluding hydrogens is 304 g/mol. The van der Waals surface area contributed by atoms with E-state index in [0.717, 1.165) is 25.3 Å². The van der Waals surface area contributed by atoms with Crippen LogP contribution in [0.4, 0.5) is 0 Å². The lowest BCUT2D eigenvalue weighted by Gasteiger charge is -2.18. The van der Waals surface area contributed by atoms with Crippen molar-refractivity contribution in [3.05, 3.63) is 12.2 Å². The zero-order valence-corrected chi connectivity index (χ0v) is 14.8. The number of guanidine groups is 1. The van der Waals surface area contributed by atoms with Gasteiger partial charge in [0.15, 0.2) is 5.96 Å². The van der Waals surface area contributed by atoms with Crippen LogP contribution in [0.5, 0.6) is 0 Å². The maximum Gasteiger partial charge on any atom is 0.233 e. The molecule has 3 aliphatic rings. The molecule has 0 aromatic heterocycles. The summed E-state index contributed by atoms with van der Waals surface area (Å²) in [5, 5.41) is 6.45. The second kappa shape index (κ2) is 6.95. The molecule has 6 nitrogen and oxygen atoms in total.